The maximum atomic E-state index is 12.1. The van der Waals surface area contributed by atoms with E-state index >= 15 is 0 Å². The lowest BCUT2D eigenvalue weighted by atomic mass is 9.83. The van der Waals surface area contributed by atoms with Gasteiger partial charge in [-0.05, 0) is 51.4 Å². The third-order valence-corrected chi connectivity index (χ3v) is 5.00. The van der Waals surface area contributed by atoms with Crippen LogP contribution in [0.3, 0.4) is 0 Å². The lowest BCUT2D eigenvalue weighted by molar-refractivity contribution is -0.124. The first-order valence-corrected chi connectivity index (χ1v) is 9.76. The molecule has 0 bridgehead atoms. The molecule has 0 aromatic carbocycles. The van der Waals surface area contributed by atoms with Crippen molar-refractivity contribution in [3.05, 3.63) is 0 Å². The molecule has 0 aliphatic heterocycles. The second kappa shape index (κ2) is 10.0. The van der Waals surface area contributed by atoms with E-state index in [1.54, 1.807) is 0 Å². The monoisotopic (exact) mass is 338 g/mol. The van der Waals surface area contributed by atoms with E-state index in [0.717, 1.165) is 25.2 Å². The van der Waals surface area contributed by atoms with Gasteiger partial charge in [-0.3, -0.25) is 9.59 Å². The largest absolute Gasteiger partial charge is 0.354 e. The third kappa shape index (κ3) is 9.29. The number of rotatable bonds is 10. The number of hydrogen-bond donors (Lipinski definition) is 2. The molecule has 0 aromatic heterocycles. The molecule has 1 rings (SSSR count). The van der Waals surface area contributed by atoms with Crippen molar-refractivity contribution in [3.8, 4) is 0 Å². The van der Waals surface area contributed by atoms with Crippen molar-refractivity contribution >= 4 is 11.8 Å². The number of hydrogen-bond acceptors (Lipinski definition) is 2. The molecule has 0 aromatic rings. The Morgan fingerprint density at radius 1 is 1.04 bits per heavy atom. The van der Waals surface area contributed by atoms with Gasteiger partial charge >= 0.3 is 0 Å². The zero-order valence-corrected chi connectivity index (χ0v) is 16.4. The lowest BCUT2D eigenvalue weighted by Crippen LogP contribution is -2.36. The first-order valence-electron chi connectivity index (χ1n) is 9.76. The quantitative estimate of drug-likeness (QED) is 0.628. The first kappa shape index (κ1) is 21.0. The summed E-state index contributed by atoms with van der Waals surface area (Å²) >= 11 is 0. The summed E-state index contributed by atoms with van der Waals surface area (Å²) in [6, 6.07) is 0.361. The van der Waals surface area contributed by atoms with Crippen LogP contribution in [0.15, 0.2) is 0 Å². The van der Waals surface area contributed by atoms with Crippen LogP contribution in [-0.4, -0.2) is 23.9 Å². The zero-order valence-electron chi connectivity index (χ0n) is 16.4. The molecule has 1 saturated carbocycles. The average molecular weight is 339 g/mol. The Morgan fingerprint density at radius 2 is 1.67 bits per heavy atom. The van der Waals surface area contributed by atoms with Crippen molar-refractivity contribution < 1.29 is 9.59 Å². The van der Waals surface area contributed by atoms with Crippen molar-refractivity contribution in [3.63, 3.8) is 0 Å². The van der Waals surface area contributed by atoms with Crippen LogP contribution in [0.2, 0.25) is 0 Å². The smallest absolute Gasteiger partial charge is 0.220 e. The molecule has 4 nitrogen and oxygen atoms in total. The predicted octanol–water partition coefficient (Wildman–Crippen LogP) is 4.18. The number of carbonyl (C=O) groups excluding carboxylic acids is 2. The Hall–Kier alpha value is -1.06. The number of carbonyl (C=O) groups is 2. The summed E-state index contributed by atoms with van der Waals surface area (Å²) in [7, 11) is 0. The average Bonchev–Trinajstić information content (AvgIpc) is 2.95. The molecular formula is C20H38N2O2. The van der Waals surface area contributed by atoms with Crippen LogP contribution in [0.4, 0.5) is 0 Å². The Bertz CT molecular complexity index is 398. The molecule has 4 heteroatoms. The molecule has 2 amide bonds. The molecule has 1 aliphatic rings. The molecule has 1 unspecified atom stereocenters. The van der Waals surface area contributed by atoms with Crippen LogP contribution >= 0.6 is 0 Å². The first-order chi connectivity index (χ1) is 11.2. The molecule has 0 spiro atoms. The molecule has 1 atom stereocenters. The third-order valence-electron chi connectivity index (χ3n) is 5.00. The number of nitrogens with one attached hydrogen (secondary N) is 2. The van der Waals surface area contributed by atoms with Crippen LogP contribution in [0, 0.1) is 11.3 Å². The SMILES string of the molecule is CC(C)NC(=O)CC(C)(C)CCC(C)NC(=O)CCC1CCCC1. The summed E-state index contributed by atoms with van der Waals surface area (Å²) in [5.74, 6) is 1.07. The van der Waals surface area contributed by atoms with Crippen LogP contribution in [-0.2, 0) is 9.59 Å². The van der Waals surface area contributed by atoms with Gasteiger partial charge in [0.15, 0.2) is 0 Å². The second-order valence-electron chi connectivity index (χ2n) is 8.76. The highest BCUT2D eigenvalue weighted by molar-refractivity contribution is 5.77. The summed E-state index contributed by atoms with van der Waals surface area (Å²) in [5, 5.41) is 6.08. The van der Waals surface area contributed by atoms with Crippen LogP contribution in [0.5, 0.6) is 0 Å². The summed E-state index contributed by atoms with van der Waals surface area (Å²) in [4.78, 5) is 24.0. The molecule has 0 saturated heterocycles. The highest BCUT2D eigenvalue weighted by atomic mass is 16.2. The summed E-state index contributed by atoms with van der Waals surface area (Å²) in [6.45, 7) is 10.3. The Kier molecular flexibility index (Phi) is 8.79. The molecule has 140 valence electrons. The number of amides is 2. The minimum atomic E-state index is -0.0399. The van der Waals surface area contributed by atoms with Gasteiger partial charge in [0, 0.05) is 24.9 Å². The van der Waals surface area contributed by atoms with E-state index in [1.807, 2.05) is 13.8 Å². The van der Waals surface area contributed by atoms with Crippen molar-refractivity contribution in [2.24, 2.45) is 11.3 Å². The van der Waals surface area contributed by atoms with Crippen molar-refractivity contribution in [2.45, 2.75) is 104 Å². The van der Waals surface area contributed by atoms with E-state index < -0.39 is 0 Å². The van der Waals surface area contributed by atoms with Crippen LogP contribution < -0.4 is 10.6 Å². The van der Waals surface area contributed by atoms with E-state index in [0.29, 0.717) is 12.8 Å². The fourth-order valence-electron chi connectivity index (χ4n) is 3.56. The van der Waals surface area contributed by atoms with E-state index in [2.05, 4.69) is 31.4 Å². The van der Waals surface area contributed by atoms with E-state index in [1.165, 1.54) is 25.7 Å². The second-order valence-corrected chi connectivity index (χ2v) is 8.76. The molecule has 1 fully saturated rings. The molecule has 0 radical (unpaired) electrons. The molecule has 0 heterocycles. The maximum Gasteiger partial charge on any atom is 0.220 e. The van der Waals surface area contributed by atoms with Crippen molar-refractivity contribution in [2.75, 3.05) is 0 Å². The fraction of sp³-hybridized carbons (Fsp3) is 0.900. The maximum absolute atomic E-state index is 12.1. The molecule has 2 N–H and O–H groups in total. The van der Waals surface area contributed by atoms with Crippen LogP contribution in [0.25, 0.3) is 0 Å². The van der Waals surface area contributed by atoms with Gasteiger partial charge in [-0.1, -0.05) is 39.5 Å². The molecule has 24 heavy (non-hydrogen) atoms. The summed E-state index contributed by atoms with van der Waals surface area (Å²) < 4.78 is 0. The predicted molar refractivity (Wildman–Crippen MR) is 99.7 cm³/mol. The molecular weight excluding hydrogens is 300 g/mol. The van der Waals surface area contributed by atoms with E-state index in [-0.39, 0.29) is 29.3 Å². The van der Waals surface area contributed by atoms with Gasteiger partial charge in [-0.15, -0.1) is 0 Å². The van der Waals surface area contributed by atoms with Crippen molar-refractivity contribution in [1.29, 1.82) is 0 Å². The van der Waals surface area contributed by atoms with Gasteiger partial charge in [-0.25, -0.2) is 0 Å². The van der Waals surface area contributed by atoms with Crippen molar-refractivity contribution in [1.82, 2.24) is 10.6 Å². The van der Waals surface area contributed by atoms with E-state index in [4.69, 9.17) is 0 Å². The van der Waals surface area contributed by atoms with Crippen LogP contribution in [0.1, 0.15) is 92.4 Å². The van der Waals surface area contributed by atoms with Gasteiger partial charge < -0.3 is 10.6 Å². The summed E-state index contributed by atoms with van der Waals surface area (Å²) in [5.41, 5.74) is -0.0399. The highest BCUT2D eigenvalue weighted by Gasteiger charge is 2.23. The minimum Gasteiger partial charge on any atom is -0.354 e. The van der Waals surface area contributed by atoms with E-state index in [9.17, 15) is 9.59 Å². The highest BCUT2D eigenvalue weighted by Crippen LogP contribution is 2.29. The van der Waals surface area contributed by atoms with Gasteiger partial charge in [0.05, 0.1) is 0 Å². The minimum absolute atomic E-state index is 0.0399. The summed E-state index contributed by atoms with van der Waals surface area (Å²) in [6.07, 6.45) is 9.36. The topological polar surface area (TPSA) is 58.2 Å². The molecule has 1 aliphatic carbocycles. The Balaban J connectivity index is 2.21. The Morgan fingerprint density at radius 3 is 2.25 bits per heavy atom. The fourth-order valence-corrected chi connectivity index (χ4v) is 3.56. The standard InChI is InChI=1S/C20H38N2O2/c1-15(2)21-19(24)14-20(4,5)13-12-16(3)22-18(23)11-10-17-8-6-7-9-17/h15-17H,6-14H2,1-5H3,(H,21,24)(H,22,23). The van der Waals surface area contributed by atoms with Gasteiger partial charge in [-0.2, -0.15) is 0 Å². The Labute approximate surface area is 148 Å². The van der Waals surface area contributed by atoms with Gasteiger partial charge in [0.2, 0.25) is 11.8 Å². The van der Waals surface area contributed by atoms with Gasteiger partial charge in [0.25, 0.3) is 0 Å². The lowest BCUT2D eigenvalue weighted by Gasteiger charge is -2.26. The van der Waals surface area contributed by atoms with Gasteiger partial charge in [0.1, 0.15) is 0 Å². The zero-order chi connectivity index (χ0) is 18.2. The normalized spacial score (nSPS) is 17.1.